The highest BCUT2D eigenvalue weighted by Crippen LogP contribution is 2.44. The van der Waals surface area contributed by atoms with Gasteiger partial charge < -0.3 is 24.3 Å². The van der Waals surface area contributed by atoms with Crippen LogP contribution in [0.2, 0.25) is 0 Å². The van der Waals surface area contributed by atoms with Crippen LogP contribution in [0.3, 0.4) is 0 Å². The van der Waals surface area contributed by atoms with Gasteiger partial charge in [-0.25, -0.2) is 9.97 Å². The van der Waals surface area contributed by atoms with Crippen LogP contribution in [0, 0.1) is 0 Å². The van der Waals surface area contributed by atoms with E-state index < -0.39 is 32.3 Å². The fourth-order valence-electron chi connectivity index (χ4n) is 7.50. The molecule has 0 spiro atoms. The van der Waals surface area contributed by atoms with Gasteiger partial charge in [-0.2, -0.15) is 4.98 Å². The number of nitrogens with zero attached hydrogens (tertiary/aromatic N) is 5. The normalized spacial score (nSPS) is 16.8. The number of para-hydroxylation sites is 2. The highest BCUT2D eigenvalue weighted by molar-refractivity contribution is 7.33. The highest BCUT2D eigenvalue weighted by Gasteiger charge is 2.46. The minimum atomic E-state index is -2.63. The second-order valence-corrected chi connectivity index (χ2v) is 15.4. The maximum atomic E-state index is 13.6. The van der Waals surface area contributed by atoms with E-state index in [1.165, 1.54) is 6.33 Å². The van der Waals surface area contributed by atoms with Gasteiger partial charge in [0.25, 0.3) is 5.56 Å². The van der Waals surface area contributed by atoms with Crippen molar-refractivity contribution in [1.29, 1.82) is 0 Å². The van der Waals surface area contributed by atoms with Crippen molar-refractivity contribution >= 4 is 36.4 Å². The third-order valence-electron chi connectivity index (χ3n) is 10.7. The van der Waals surface area contributed by atoms with Crippen LogP contribution in [0.1, 0.15) is 54.8 Å². The highest BCUT2D eigenvalue weighted by atomic mass is 31.1. The van der Waals surface area contributed by atoms with Gasteiger partial charge >= 0.3 is 8.25 Å². The van der Waals surface area contributed by atoms with Crippen LogP contribution < -0.4 is 20.3 Å². The molecule has 0 saturated carbocycles. The fourth-order valence-corrected chi connectivity index (χ4v) is 8.24. The number of ether oxygens (including phenoxy) is 4. The van der Waals surface area contributed by atoms with Crippen LogP contribution in [0.15, 0.2) is 120 Å². The van der Waals surface area contributed by atoms with Gasteiger partial charge in [0.15, 0.2) is 11.2 Å². The maximum absolute atomic E-state index is 13.6. The summed E-state index contributed by atoms with van der Waals surface area (Å²) >= 11 is 0. The second kappa shape index (κ2) is 19.1. The summed E-state index contributed by atoms with van der Waals surface area (Å²) < 4.78 is 52.3. The lowest BCUT2D eigenvalue weighted by Crippen LogP contribution is -2.38. The Morgan fingerprint density at radius 3 is 2.23 bits per heavy atom. The number of H-pyrrole nitrogens is 1. The summed E-state index contributed by atoms with van der Waals surface area (Å²) in [5, 5.41) is 3.20. The molecule has 61 heavy (non-hydrogen) atoms. The number of hydrogen-bond acceptors (Lipinski definition) is 13. The first kappa shape index (κ1) is 41.6. The first-order chi connectivity index (χ1) is 29.9. The van der Waals surface area contributed by atoms with Gasteiger partial charge in [-0.3, -0.25) is 19.3 Å². The standard InChI is InChI=1S/C45H46N7O8P/c1-4-5-24-46-44-50-42-41(43(53)51-44)48-29-52(42)40-26-38(60-61(54)58-25-23-33-27-47-36-13-9-10-14-37(36)49-33)39(59-40)28-57-45(30-11-7-6-8-12-30,31-15-19-34(55-2)20-16-31)32-17-21-35(56-3)22-18-32/h6-22,27,29,38-40H,4-5,23-26,28H2,1-3H3,(H-,46,50,51,53)/p+1/t38-,39+,40+/m0/s1. The number of unbranched alkanes of at least 4 members (excludes halogenated alkanes) is 1. The SMILES string of the molecule is CCCCNc1nc2c(ncn2[C@H]2C[C@H](O[P+](=O)OCCc3cnc4ccccc4n3)[C@@H](COC(c3ccccc3)(c3ccc(OC)cc3)c3ccc(OC)cc3)O2)c(=O)[nH]1. The van der Waals surface area contributed by atoms with Crippen molar-refractivity contribution in [3.63, 3.8) is 0 Å². The molecule has 3 aromatic heterocycles. The van der Waals surface area contributed by atoms with Crippen LogP contribution in [0.4, 0.5) is 5.95 Å². The Balaban J connectivity index is 1.11. The average Bonchev–Trinajstić information content (AvgIpc) is 3.91. The van der Waals surface area contributed by atoms with Crippen LogP contribution in [-0.4, -0.2) is 75.7 Å². The maximum Gasteiger partial charge on any atom is 0.697 e. The number of anilines is 1. The molecule has 7 aromatic rings. The minimum Gasteiger partial charge on any atom is -0.497 e. The second-order valence-electron chi connectivity index (χ2n) is 14.5. The van der Waals surface area contributed by atoms with E-state index >= 15 is 0 Å². The molecule has 1 aliphatic rings. The summed E-state index contributed by atoms with van der Waals surface area (Å²) in [6, 6.07) is 33.0. The zero-order chi connectivity index (χ0) is 42.2. The van der Waals surface area contributed by atoms with Crippen LogP contribution >= 0.6 is 8.25 Å². The first-order valence-corrected chi connectivity index (χ1v) is 21.3. The summed E-state index contributed by atoms with van der Waals surface area (Å²) in [5.41, 5.74) is 3.71. The largest absolute Gasteiger partial charge is 0.697 e. The van der Waals surface area contributed by atoms with E-state index in [0.717, 1.165) is 40.6 Å². The van der Waals surface area contributed by atoms with Crippen molar-refractivity contribution in [1.82, 2.24) is 29.5 Å². The number of aromatic nitrogens is 6. The van der Waals surface area contributed by atoms with Crippen molar-refractivity contribution in [2.75, 3.05) is 39.3 Å². The van der Waals surface area contributed by atoms with E-state index in [1.807, 2.05) is 103 Å². The molecule has 1 aliphatic heterocycles. The summed E-state index contributed by atoms with van der Waals surface area (Å²) in [5.74, 6) is 1.71. The van der Waals surface area contributed by atoms with Crippen molar-refractivity contribution in [3.05, 3.63) is 148 Å². The Bertz CT molecular complexity index is 2580. The van der Waals surface area contributed by atoms with E-state index in [2.05, 4.69) is 32.2 Å². The number of hydrogen-bond donors (Lipinski definition) is 2. The smallest absolute Gasteiger partial charge is 0.497 e. The van der Waals surface area contributed by atoms with Crippen molar-refractivity contribution < 1.29 is 32.6 Å². The van der Waals surface area contributed by atoms with Gasteiger partial charge in [0.1, 0.15) is 42.1 Å². The van der Waals surface area contributed by atoms with Crippen LogP contribution in [0.5, 0.6) is 11.5 Å². The summed E-state index contributed by atoms with van der Waals surface area (Å²) in [6.45, 7) is 2.79. The molecular weight excluding hydrogens is 798 g/mol. The van der Waals surface area contributed by atoms with E-state index in [4.69, 9.17) is 33.0 Å². The van der Waals surface area contributed by atoms with Gasteiger partial charge in [-0.15, -0.1) is 9.05 Å². The summed E-state index contributed by atoms with van der Waals surface area (Å²) in [7, 11) is 0.619. The first-order valence-electron chi connectivity index (χ1n) is 20.2. The van der Waals surface area contributed by atoms with E-state index in [1.54, 1.807) is 25.0 Å². The van der Waals surface area contributed by atoms with Gasteiger partial charge in [0, 0.05) is 30.1 Å². The molecule has 1 saturated heterocycles. The topological polar surface area (TPSA) is 174 Å². The third-order valence-corrected chi connectivity index (χ3v) is 11.5. The molecular formula is C45H47N7O8P+. The molecule has 0 aliphatic carbocycles. The number of aromatic amines is 1. The molecule has 4 atom stereocenters. The molecule has 0 amide bonds. The predicted molar refractivity (Wildman–Crippen MR) is 230 cm³/mol. The number of fused-ring (bicyclic) bond motifs is 2. The van der Waals surface area contributed by atoms with Crippen molar-refractivity contribution in [2.45, 2.75) is 56.6 Å². The molecule has 1 unspecified atom stereocenters. The Morgan fingerprint density at radius 1 is 0.869 bits per heavy atom. The fraction of sp³-hybridized carbons (Fsp3) is 0.311. The zero-order valence-corrected chi connectivity index (χ0v) is 35.0. The van der Waals surface area contributed by atoms with E-state index in [-0.39, 0.29) is 30.7 Å². The Hall–Kier alpha value is -6.09. The molecule has 8 rings (SSSR count). The minimum absolute atomic E-state index is 0.0194. The predicted octanol–water partition coefficient (Wildman–Crippen LogP) is 7.89. The molecule has 314 valence electrons. The molecule has 16 heteroatoms. The lowest BCUT2D eigenvalue weighted by Gasteiger charge is -2.37. The molecule has 4 heterocycles. The third kappa shape index (κ3) is 9.16. The van der Waals surface area contributed by atoms with Gasteiger partial charge in [-0.1, -0.05) is 80.1 Å². The Labute approximate surface area is 353 Å². The van der Waals surface area contributed by atoms with Crippen molar-refractivity contribution in [2.24, 2.45) is 0 Å². The number of imidazole rings is 1. The van der Waals surface area contributed by atoms with E-state index in [0.29, 0.717) is 41.8 Å². The lowest BCUT2D eigenvalue weighted by molar-refractivity contribution is -0.0906. The molecule has 1 fully saturated rings. The van der Waals surface area contributed by atoms with Gasteiger partial charge in [0.05, 0.1) is 43.9 Å². The molecule has 0 bridgehead atoms. The number of rotatable bonds is 19. The average molecular weight is 845 g/mol. The van der Waals surface area contributed by atoms with E-state index in [9.17, 15) is 9.36 Å². The molecule has 0 radical (unpaired) electrons. The molecule has 15 nitrogen and oxygen atoms in total. The number of methoxy groups -OCH3 is 2. The van der Waals surface area contributed by atoms with Gasteiger partial charge in [-0.05, 0) is 59.5 Å². The monoisotopic (exact) mass is 844 g/mol. The Kier molecular flexibility index (Phi) is 13.0. The van der Waals surface area contributed by atoms with Crippen LogP contribution in [-0.2, 0) is 35.1 Å². The summed E-state index contributed by atoms with van der Waals surface area (Å²) in [4.78, 5) is 34.1. The lowest BCUT2D eigenvalue weighted by atomic mass is 9.80. The number of nitrogens with one attached hydrogen (secondary N) is 2. The Morgan fingerprint density at radius 2 is 1.54 bits per heavy atom. The number of benzene rings is 4. The van der Waals surface area contributed by atoms with Gasteiger partial charge in [0.2, 0.25) is 5.95 Å². The molecule has 4 aromatic carbocycles. The van der Waals surface area contributed by atoms with Crippen molar-refractivity contribution in [3.8, 4) is 11.5 Å². The summed E-state index contributed by atoms with van der Waals surface area (Å²) in [6.07, 6.45) is 3.41. The molecule has 2 N–H and O–H groups in total. The van der Waals surface area contributed by atoms with Crippen LogP contribution in [0.25, 0.3) is 22.2 Å². The zero-order valence-electron chi connectivity index (χ0n) is 34.1. The quantitative estimate of drug-likeness (QED) is 0.0458.